The molecule has 1 aliphatic carbocycles. The summed E-state index contributed by atoms with van der Waals surface area (Å²) in [5, 5.41) is 1.95. The molecule has 1 aromatic heterocycles. The van der Waals surface area contributed by atoms with Crippen LogP contribution in [-0.4, -0.2) is 24.0 Å². The Morgan fingerprint density at radius 3 is 2.57 bits per heavy atom. The van der Waals surface area contributed by atoms with Crippen molar-refractivity contribution in [3.05, 3.63) is 50.6 Å². The fourth-order valence-electron chi connectivity index (χ4n) is 2.74. The zero-order valence-electron chi connectivity index (χ0n) is 13.3. The van der Waals surface area contributed by atoms with Crippen molar-refractivity contribution in [2.75, 3.05) is 7.11 Å². The molecule has 1 fully saturated rings. The molecule has 1 saturated carbocycles. The van der Waals surface area contributed by atoms with E-state index in [2.05, 4.69) is 22.9 Å². The van der Waals surface area contributed by atoms with Crippen molar-refractivity contribution in [3.8, 4) is 5.75 Å². The Balaban J connectivity index is 1.83. The van der Waals surface area contributed by atoms with Gasteiger partial charge >= 0.3 is 0 Å². The van der Waals surface area contributed by atoms with Crippen LogP contribution in [-0.2, 0) is 6.54 Å². The van der Waals surface area contributed by atoms with Gasteiger partial charge in [0.2, 0.25) is 0 Å². The van der Waals surface area contributed by atoms with E-state index in [4.69, 9.17) is 4.74 Å². The molecular weight excluding hydrogens is 374 g/mol. The third kappa shape index (κ3) is 3.78. The molecule has 1 amide bonds. The van der Waals surface area contributed by atoms with E-state index in [9.17, 15) is 4.79 Å². The van der Waals surface area contributed by atoms with Crippen molar-refractivity contribution in [2.24, 2.45) is 5.92 Å². The molecule has 0 saturated heterocycles. The third-order valence-corrected chi connectivity index (χ3v) is 6.21. The number of hydrogen-bond donors (Lipinski definition) is 0. The van der Waals surface area contributed by atoms with E-state index >= 15 is 0 Å². The maximum absolute atomic E-state index is 13.0. The van der Waals surface area contributed by atoms with Gasteiger partial charge in [0, 0.05) is 17.1 Å². The standard InChI is InChI=1S/C18H20BrNO2S/c1-12(14-5-6-14)20(18(21)17-16(19)9-10-23-17)11-13-3-7-15(22-2)8-4-13/h3-4,7-10,12,14H,5-6,11H2,1-2H3. The quantitative estimate of drug-likeness (QED) is 0.693. The number of rotatable bonds is 6. The number of nitrogens with zero attached hydrogens (tertiary/aromatic N) is 1. The van der Waals surface area contributed by atoms with Crippen LogP contribution in [0.2, 0.25) is 0 Å². The predicted molar refractivity (Wildman–Crippen MR) is 97.1 cm³/mol. The van der Waals surface area contributed by atoms with Gasteiger partial charge < -0.3 is 9.64 Å². The van der Waals surface area contributed by atoms with E-state index in [1.807, 2.05) is 40.6 Å². The first kappa shape index (κ1) is 16.5. The van der Waals surface area contributed by atoms with Crippen molar-refractivity contribution in [1.82, 2.24) is 4.90 Å². The van der Waals surface area contributed by atoms with E-state index in [0.29, 0.717) is 12.5 Å². The van der Waals surface area contributed by atoms with Crippen LogP contribution >= 0.6 is 27.3 Å². The maximum atomic E-state index is 13.0. The molecule has 1 aliphatic rings. The summed E-state index contributed by atoms with van der Waals surface area (Å²) in [5.41, 5.74) is 1.12. The number of halogens is 1. The SMILES string of the molecule is COc1ccc(CN(C(=O)c2sccc2Br)C(C)C2CC2)cc1. The van der Waals surface area contributed by atoms with Crippen LogP contribution < -0.4 is 4.74 Å². The monoisotopic (exact) mass is 393 g/mol. The molecule has 0 radical (unpaired) electrons. The lowest BCUT2D eigenvalue weighted by Gasteiger charge is -2.29. The number of hydrogen-bond acceptors (Lipinski definition) is 3. The average Bonchev–Trinajstić information content (AvgIpc) is 3.33. The summed E-state index contributed by atoms with van der Waals surface area (Å²) in [7, 11) is 1.66. The highest BCUT2D eigenvalue weighted by Crippen LogP contribution is 2.37. The highest BCUT2D eigenvalue weighted by atomic mass is 79.9. The number of amides is 1. The smallest absolute Gasteiger partial charge is 0.265 e. The number of carbonyl (C=O) groups excluding carboxylic acids is 1. The van der Waals surface area contributed by atoms with Crippen molar-refractivity contribution >= 4 is 33.2 Å². The molecule has 1 aromatic carbocycles. The van der Waals surface area contributed by atoms with Gasteiger partial charge in [0.05, 0.1) is 7.11 Å². The van der Waals surface area contributed by atoms with Crippen molar-refractivity contribution in [1.29, 1.82) is 0 Å². The van der Waals surface area contributed by atoms with Gasteiger partial charge in [-0.05, 0) is 70.8 Å². The van der Waals surface area contributed by atoms with E-state index in [1.54, 1.807) is 7.11 Å². The van der Waals surface area contributed by atoms with Gasteiger partial charge in [-0.25, -0.2) is 0 Å². The Kier molecular flexibility index (Phi) is 5.07. The van der Waals surface area contributed by atoms with Crippen molar-refractivity contribution in [2.45, 2.75) is 32.4 Å². The van der Waals surface area contributed by atoms with Gasteiger partial charge in [0.25, 0.3) is 5.91 Å². The van der Waals surface area contributed by atoms with Crippen LogP contribution in [0.25, 0.3) is 0 Å². The molecule has 3 nitrogen and oxygen atoms in total. The second-order valence-electron chi connectivity index (χ2n) is 5.96. The van der Waals surface area contributed by atoms with Gasteiger partial charge in [-0.3, -0.25) is 4.79 Å². The maximum Gasteiger partial charge on any atom is 0.265 e. The van der Waals surface area contributed by atoms with E-state index in [-0.39, 0.29) is 11.9 Å². The Morgan fingerprint density at radius 1 is 1.35 bits per heavy atom. The molecule has 122 valence electrons. The first-order chi connectivity index (χ1) is 11.1. The normalized spacial score (nSPS) is 15.3. The number of thiophene rings is 1. The summed E-state index contributed by atoms with van der Waals surface area (Å²) in [6.07, 6.45) is 2.44. The topological polar surface area (TPSA) is 29.5 Å². The molecule has 3 rings (SSSR count). The van der Waals surface area contributed by atoms with Gasteiger partial charge in [-0.15, -0.1) is 11.3 Å². The molecule has 1 unspecified atom stereocenters. The number of benzene rings is 1. The van der Waals surface area contributed by atoms with Crippen LogP contribution in [0.3, 0.4) is 0 Å². The molecule has 5 heteroatoms. The Labute approximate surface area is 149 Å². The lowest BCUT2D eigenvalue weighted by atomic mass is 10.1. The van der Waals surface area contributed by atoms with Crippen LogP contribution in [0.5, 0.6) is 5.75 Å². The van der Waals surface area contributed by atoms with Crippen molar-refractivity contribution in [3.63, 3.8) is 0 Å². The minimum atomic E-state index is 0.113. The summed E-state index contributed by atoms with van der Waals surface area (Å²) < 4.78 is 6.09. The summed E-state index contributed by atoms with van der Waals surface area (Å²) in [5.74, 6) is 1.58. The minimum absolute atomic E-state index is 0.113. The zero-order chi connectivity index (χ0) is 16.4. The highest BCUT2D eigenvalue weighted by Gasteiger charge is 2.35. The molecule has 1 heterocycles. The van der Waals surface area contributed by atoms with E-state index in [0.717, 1.165) is 20.7 Å². The van der Waals surface area contributed by atoms with Gasteiger partial charge in [-0.2, -0.15) is 0 Å². The van der Waals surface area contributed by atoms with Gasteiger partial charge in [-0.1, -0.05) is 12.1 Å². The minimum Gasteiger partial charge on any atom is -0.497 e. The van der Waals surface area contributed by atoms with Crippen LogP contribution in [0, 0.1) is 5.92 Å². The van der Waals surface area contributed by atoms with Crippen LogP contribution in [0.4, 0.5) is 0 Å². The fraction of sp³-hybridized carbons (Fsp3) is 0.389. The summed E-state index contributed by atoms with van der Waals surface area (Å²) in [4.78, 5) is 15.8. The highest BCUT2D eigenvalue weighted by molar-refractivity contribution is 9.10. The second kappa shape index (κ2) is 7.05. The molecule has 0 N–H and O–H groups in total. The molecule has 23 heavy (non-hydrogen) atoms. The van der Waals surface area contributed by atoms with Crippen LogP contribution in [0.15, 0.2) is 40.2 Å². The number of carbonyl (C=O) groups is 1. The van der Waals surface area contributed by atoms with Gasteiger partial charge in [0.15, 0.2) is 0 Å². The molecule has 2 aromatic rings. The molecular formula is C18H20BrNO2S. The van der Waals surface area contributed by atoms with Gasteiger partial charge in [0.1, 0.15) is 10.6 Å². The van der Waals surface area contributed by atoms with Crippen LogP contribution in [0.1, 0.15) is 35.0 Å². The largest absolute Gasteiger partial charge is 0.497 e. The summed E-state index contributed by atoms with van der Waals surface area (Å²) in [6, 6.07) is 10.1. The lowest BCUT2D eigenvalue weighted by Crippen LogP contribution is -2.39. The molecule has 0 bridgehead atoms. The second-order valence-corrected chi connectivity index (χ2v) is 7.73. The predicted octanol–water partition coefficient (Wildman–Crippen LogP) is 4.96. The zero-order valence-corrected chi connectivity index (χ0v) is 15.7. The first-order valence-electron chi connectivity index (χ1n) is 7.77. The fourth-order valence-corrected chi connectivity index (χ4v) is 4.23. The first-order valence-corrected chi connectivity index (χ1v) is 9.44. The Morgan fingerprint density at radius 2 is 2.04 bits per heavy atom. The number of ether oxygens (including phenoxy) is 1. The van der Waals surface area contributed by atoms with E-state index in [1.165, 1.54) is 24.2 Å². The summed E-state index contributed by atoms with van der Waals surface area (Å²) in [6.45, 7) is 2.80. The van der Waals surface area contributed by atoms with Crippen molar-refractivity contribution < 1.29 is 9.53 Å². The molecule has 0 spiro atoms. The Hall–Kier alpha value is -1.33. The lowest BCUT2D eigenvalue weighted by molar-refractivity contribution is 0.0658. The number of methoxy groups -OCH3 is 1. The summed E-state index contributed by atoms with van der Waals surface area (Å²) >= 11 is 4.98. The average molecular weight is 394 g/mol. The molecule has 1 atom stereocenters. The molecule has 0 aliphatic heterocycles. The third-order valence-electron chi connectivity index (χ3n) is 4.38. The Bertz CT molecular complexity index is 679. The van der Waals surface area contributed by atoms with E-state index < -0.39 is 0 Å².